The number of hydrogen-bond acceptors (Lipinski definition) is 3. The van der Waals surface area contributed by atoms with Gasteiger partial charge in [0, 0.05) is 6.04 Å². The van der Waals surface area contributed by atoms with E-state index >= 15 is 0 Å². The fraction of sp³-hybridized carbons (Fsp3) is 0.571. The SMILES string of the molecule is CC(NS(=O)(=O)c1ccc(Cl)c(C(F)(F)F)c1)C1CCCNC1. The van der Waals surface area contributed by atoms with Crippen molar-refractivity contribution in [2.75, 3.05) is 13.1 Å². The van der Waals surface area contributed by atoms with Gasteiger partial charge in [0.05, 0.1) is 15.5 Å². The Labute approximate surface area is 138 Å². The Kier molecular flexibility index (Phi) is 5.60. The molecule has 1 aromatic carbocycles. The quantitative estimate of drug-likeness (QED) is 0.856. The number of rotatable bonds is 4. The molecule has 2 N–H and O–H groups in total. The van der Waals surface area contributed by atoms with Crippen LogP contribution in [0.4, 0.5) is 13.2 Å². The number of alkyl halides is 3. The normalized spacial score (nSPS) is 21.2. The Morgan fingerprint density at radius 2 is 2.09 bits per heavy atom. The van der Waals surface area contributed by atoms with Crippen molar-refractivity contribution in [3.8, 4) is 0 Å². The van der Waals surface area contributed by atoms with Crippen molar-refractivity contribution in [3.63, 3.8) is 0 Å². The molecule has 0 spiro atoms. The molecule has 2 unspecified atom stereocenters. The van der Waals surface area contributed by atoms with Gasteiger partial charge in [-0.2, -0.15) is 13.2 Å². The van der Waals surface area contributed by atoms with Crippen LogP contribution in [0, 0.1) is 5.92 Å². The molecule has 0 bridgehead atoms. The molecule has 9 heteroatoms. The summed E-state index contributed by atoms with van der Waals surface area (Å²) in [5.41, 5.74) is -1.16. The first-order chi connectivity index (χ1) is 10.6. The zero-order valence-electron chi connectivity index (χ0n) is 12.5. The summed E-state index contributed by atoms with van der Waals surface area (Å²) >= 11 is 5.51. The summed E-state index contributed by atoms with van der Waals surface area (Å²) in [5.74, 6) is 0.105. The summed E-state index contributed by atoms with van der Waals surface area (Å²) in [7, 11) is -4.04. The number of halogens is 4. The topological polar surface area (TPSA) is 58.2 Å². The van der Waals surface area contributed by atoms with E-state index in [-0.39, 0.29) is 12.0 Å². The average molecular weight is 371 g/mol. The van der Waals surface area contributed by atoms with Crippen LogP contribution in [-0.2, 0) is 16.2 Å². The summed E-state index contributed by atoms with van der Waals surface area (Å²) in [6.45, 7) is 3.29. The maximum absolute atomic E-state index is 12.9. The predicted octanol–water partition coefficient (Wildman–Crippen LogP) is 3.03. The van der Waals surface area contributed by atoms with Gasteiger partial charge >= 0.3 is 6.18 Å². The van der Waals surface area contributed by atoms with E-state index in [0.717, 1.165) is 31.5 Å². The lowest BCUT2D eigenvalue weighted by Gasteiger charge is -2.28. The minimum absolute atomic E-state index is 0.105. The second-order valence-electron chi connectivity index (χ2n) is 5.66. The van der Waals surface area contributed by atoms with Gasteiger partial charge in [-0.05, 0) is 57.0 Å². The van der Waals surface area contributed by atoms with Crippen molar-refractivity contribution in [2.24, 2.45) is 5.92 Å². The van der Waals surface area contributed by atoms with Crippen molar-refractivity contribution in [3.05, 3.63) is 28.8 Å². The largest absolute Gasteiger partial charge is 0.417 e. The highest BCUT2D eigenvalue weighted by molar-refractivity contribution is 7.89. The van der Waals surface area contributed by atoms with Crippen LogP contribution in [0.25, 0.3) is 0 Å². The van der Waals surface area contributed by atoms with Crippen molar-refractivity contribution in [1.29, 1.82) is 0 Å². The number of sulfonamides is 1. The molecule has 1 aliphatic rings. The van der Waals surface area contributed by atoms with Gasteiger partial charge in [-0.1, -0.05) is 11.6 Å². The smallest absolute Gasteiger partial charge is 0.316 e. The van der Waals surface area contributed by atoms with Crippen molar-refractivity contribution in [2.45, 2.75) is 36.9 Å². The third-order valence-corrected chi connectivity index (χ3v) is 5.82. The van der Waals surface area contributed by atoms with Crippen LogP contribution in [0.5, 0.6) is 0 Å². The molecule has 1 fully saturated rings. The average Bonchev–Trinajstić information content (AvgIpc) is 2.46. The van der Waals surface area contributed by atoms with Crippen LogP contribution in [0.15, 0.2) is 23.1 Å². The van der Waals surface area contributed by atoms with E-state index in [0.29, 0.717) is 12.6 Å². The monoisotopic (exact) mass is 370 g/mol. The Morgan fingerprint density at radius 1 is 1.39 bits per heavy atom. The minimum atomic E-state index is -4.71. The third kappa shape index (κ3) is 4.59. The van der Waals surface area contributed by atoms with E-state index in [1.807, 2.05) is 0 Å². The molecule has 4 nitrogen and oxygen atoms in total. The van der Waals surface area contributed by atoms with Gasteiger partial charge in [-0.25, -0.2) is 13.1 Å². The molecule has 1 aromatic rings. The lowest BCUT2D eigenvalue weighted by Crippen LogP contribution is -2.44. The maximum atomic E-state index is 12.9. The Balaban J connectivity index is 2.22. The van der Waals surface area contributed by atoms with E-state index in [1.54, 1.807) is 6.92 Å². The number of hydrogen-bond donors (Lipinski definition) is 2. The van der Waals surface area contributed by atoms with Crippen LogP contribution in [0.1, 0.15) is 25.3 Å². The Hall–Kier alpha value is -0.830. The van der Waals surface area contributed by atoms with Gasteiger partial charge in [-0.3, -0.25) is 0 Å². The van der Waals surface area contributed by atoms with E-state index in [4.69, 9.17) is 11.6 Å². The first-order valence-corrected chi connectivity index (χ1v) is 9.07. The van der Waals surface area contributed by atoms with E-state index in [2.05, 4.69) is 10.0 Å². The fourth-order valence-electron chi connectivity index (χ4n) is 2.60. The van der Waals surface area contributed by atoms with E-state index in [9.17, 15) is 21.6 Å². The molecule has 2 atom stereocenters. The summed E-state index contributed by atoms with van der Waals surface area (Å²) < 4.78 is 65.7. The van der Waals surface area contributed by atoms with Gasteiger partial charge in [0.15, 0.2) is 0 Å². The van der Waals surface area contributed by atoms with Gasteiger partial charge in [0.2, 0.25) is 10.0 Å². The standard InChI is InChI=1S/C14H18ClF3N2O2S/c1-9(10-3-2-6-19-8-10)20-23(21,22)11-4-5-13(15)12(7-11)14(16,17)18/h4-5,7,9-10,19-20H,2-3,6,8H2,1H3. The predicted molar refractivity (Wildman–Crippen MR) is 81.8 cm³/mol. The fourth-order valence-corrected chi connectivity index (χ4v) is 4.17. The molecule has 0 amide bonds. The van der Waals surface area contributed by atoms with Crippen LogP contribution >= 0.6 is 11.6 Å². The highest BCUT2D eigenvalue weighted by atomic mass is 35.5. The molecule has 0 saturated carbocycles. The van der Waals surface area contributed by atoms with Gasteiger partial charge in [-0.15, -0.1) is 0 Å². The molecule has 23 heavy (non-hydrogen) atoms. The van der Waals surface area contributed by atoms with Crippen LogP contribution in [-0.4, -0.2) is 27.5 Å². The first kappa shape index (κ1) is 18.5. The Morgan fingerprint density at radius 3 is 2.65 bits per heavy atom. The summed E-state index contributed by atoms with van der Waals surface area (Å²) in [5, 5.41) is 2.65. The van der Waals surface area contributed by atoms with Crippen molar-refractivity contribution in [1.82, 2.24) is 10.0 Å². The lowest BCUT2D eigenvalue weighted by atomic mass is 9.94. The molecule has 130 valence electrons. The van der Waals surface area contributed by atoms with Crippen LogP contribution in [0.2, 0.25) is 5.02 Å². The molecule has 0 aliphatic carbocycles. The van der Waals surface area contributed by atoms with E-state index < -0.39 is 31.7 Å². The zero-order chi connectivity index (χ0) is 17.3. The molecule has 0 radical (unpaired) electrons. The summed E-state index contributed by atoms with van der Waals surface area (Å²) in [4.78, 5) is -0.440. The third-order valence-electron chi connectivity index (χ3n) is 3.94. The highest BCUT2D eigenvalue weighted by Gasteiger charge is 2.35. The second kappa shape index (κ2) is 6.96. The highest BCUT2D eigenvalue weighted by Crippen LogP contribution is 2.36. The van der Waals surface area contributed by atoms with Crippen LogP contribution < -0.4 is 10.0 Å². The molecule has 1 heterocycles. The number of nitrogens with one attached hydrogen (secondary N) is 2. The zero-order valence-corrected chi connectivity index (χ0v) is 14.0. The molecular weight excluding hydrogens is 353 g/mol. The van der Waals surface area contributed by atoms with Crippen LogP contribution in [0.3, 0.4) is 0 Å². The number of piperidine rings is 1. The molecule has 1 saturated heterocycles. The molecule has 2 rings (SSSR count). The molecular formula is C14H18ClF3N2O2S. The minimum Gasteiger partial charge on any atom is -0.316 e. The second-order valence-corrected chi connectivity index (χ2v) is 7.78. The van der Waals surface area contributed by atoms with Gasteiger partial charge < -0.3 is 5.32 Å². The Bertz CT molecular complexity index is 658. The van der Waals surface area contributed by atoms with Crippen molar-refractivity contribution >= 4 is 21.6 Å². The first-order valence-electron chi connectivity index (χ1n) is 7.21. The van der Waals surface area contributed by atoms with Gasteiger partial charge in [0.25, 0.3) is 0 Å². The number of benzene rings is 1. The summed E-state index contributed by atoms with van der Waals surface area (Å²) in [6, 6.07) is 2.21. The van der Waals surface area contributed by atoms with E-state index in [1.165, 1.54) is 0 Å². The van der Waals surface area contributed by atoms with Gasteiger partial charge in [0.1, 0.15) is 0 Å². The lowest BCUT2D eigenvalue weighted by molar-refractivity contribution is -0.137. The maximum Gasteiger partial charge on any atom is 0.417 e. The van der Waals surface area contributed by atoms with Crippen molar-refractivity contribution < 1.29 is 21.6 Å². The summed E-state index contributed by atoms with van der Waals surface area (Å²) in [6.07, 6.45) is -2.90. The molecule has 0 aromatic heterocycles. The molecule has 1 aliphatic heterocycles.